The van der Waals surface area contributed by atoms with E-state index in [2.05, 4.69) is 21.2 Å². The molecule has 108 valence electrons. The van der Waals surface area contributed by atoms with Gasteiger partial charge in [-0.15, -0.1) is 11.8 Å². The smallest absolute Gasteiger partial charge is 0.313 e. The Morgan fingerprint density at radius 2 is 1.95 bits per heavy atom. The molecule has 1 aliphatic rings. The Bertz CT molecular complexity index is 500. The molecule has 1 aromatic rings. The van der Waals surface area contributed by atoms with Crippen molar-refractivity contribution in [2.75, 3.05) is 18.1 Å². The maximum Gasteiger partial charge on any atom is 0.313 e. The van der Waals surface area contributed by atoms with Crippen molar-refractivity contribution < 1.29 is 14.7 Å². The van der Waals surface area contributed by atoms with E-state index in [0.717, 1.165) is 22.9 Å². The summed E-state index contributed by atoms with van der Waals surface area (Å²) in [6.45, 7) is 0.509. The van der Waals surface area contributed by atoms with Crippen LogP contribution in [0.15, 0.2) is 28.7 Å². The molecule has 1 aliphatic carbocycles. The van der Waals surface area contributed by atoms with Gasteiger partial charge in [0.1, 0.15) is 0 Å². The van der Waals surface area contributed by atoms with Gasteiger partial charge in [0.25, 0.3) is 0 Å². The zero-order valence-electron chi connectivity index (χ0n) is 10.9. The van der Waals surface area contributed by atoms with Crippen LogP contribution < -0.4 is 5.32 Å². The second kappa shape index (κ2) is 6.63. The number of hydrogen-bond donors (Lipinski definition) is 2. The Morgan fingerprint density at radius 1 is 1.30 bits per heavy atom. The summed E-state index contributed by atoms with van der Waals surface area (Å²) in [5.41, 5.74) is 0.689. The molecule has 0 radical (unpaired) electrons. The Kier molecular flexibility index (Phi) is 5.10. The quantitative estimate of drug-likeness (QED) is 0.735. The zero-order valence-corrected chi connectivity index (χ0v) is 13.3. The van der Waals surface area contributed by atoms with Crippen LogP contribution in [0.4, 0.5) is 0 Å². The number of carboxylic acid groups (broad SMARTS) is 1. The molecule has 1 saturated carbocycles. The fraction of sp³-hybridized carbons (Fsp3) is 0.429. The summed E-state index contributed by atoms with van der Waals surface area (Å²) >= 11 is 4.70. The number of carbonyl (C=O) groups excluding carboxylic acids is 1. The number of carbonyl (C=O) groups is 2. The standard InChI is InChI=1S/C14H16BrNO3S/c15-11-3-1-10(2-4-11)14(5-6-14)13(19)16-7-8-20-9-12(17)18/h1-4H,5-9H2,(H,16,19)(H,17,18). The third-order valence-electron chi connectivity index (χ3n) is 3.34. The molecule has 0 spiro atoms. The van der Waals surface area contributed by atoms with E-state index in [1.165, 1.54) is 11.8 Å². The zero-order chi connectivity index (χ0) is 14.6. The van der Waals surface area contributed by atoms with Crippen molar-refractivity contribution in [3.05, 3.63) is 34.3 Å². The first-order valence-electron chi connectivity index (χ1n) is 6.38. The number of halogens is 1. The van der Waals surface area contributed by atoms with Gasteiger partial charge in [0, 0.05) is 16.8 Å². The van der Waals surface area contributed by atoms with Crippen LogP contribution in [-0.4, -0.2) is 35.0 Å². The van der Waals surface area contributed by atoms with Crippen molar-refractivity contribution in [1.29, 1.82) is 0 Å². The van der Waals surface area contributed by atoms with Crippen LogP contribution in [0.2, 0.25) is 0 Å². The van der Waals surface area contributed by atoms with E-state index in [1.807, 2.05) is 24.3 Å². The number of amides is 1. The molecule has 0 saturated heterocycles. The number of hydrogen-bond acceptors (Lipinski definition) is 3. The summed E-state index contributed by atoms with van der Waals surface area (Å²) in [6, 6.07) is 7.86. The Morgan fingerprint density at radius 3 is 2.50 bits per heavy atom. The molecule has 0 atom stereocenters. The topological polar surface area (TPSA) is 66.4 Å². The first-order chi connectivity index (χ1) is 9.54. The summed E-state index contributed by atoms with van der Waals surface area (Å²) in [6.07, 6.45) is 1.76. The average molecular weight is 358 g/mol. The monoisotopic (exact) mass is 357 g/mol. The van der Waals surface area contributed by atoms with Gasteiger partial charge in [-0.2, -0.15) is 0 Å². The number of rotatable bonds is 7. The first-order valence-corrected chi connectivity index (χ1v) is 8.33. The fourth-order valence-corrected chi connectivity index (χ4v) is 2.94. The van der Waals surface area contributed by atoms with Gasteiger partial charge < -0.3 is 10.4 Å². The van der Waals surface area contributed by atoms with Crippen LogP contribution in [0.5, 0.6) is 0 Å². The summed E-state index contributed by atoms with van der Waals surface area (Å²) in [4.78, 5) is 22.6. The van der Waals surface area contributed by atoms with Gasteiger partial charge in [0.2, 0.25) is 5.91 Å². The summed E-state index contributed by atoms with van der Waals surface area (Å²) < 4.78 is 1.00. The highest BCUT2D eigenvalue weighted by atomic mass is 79.9. The Labute approximate surface area is 130 Å². The van der Waals surface area contributed by atoms with E-state index in [4.69, 9.17) is 5.11 Å². The van der Waals surface area contributed by atoms with Crippen LogP contribution in [0, 0.1) is 0 Å². The molecule has 0 bridgehead atoms. The molecular formula is C14H16BrNO3S. The maximum absolute atomic E-state index is 12.3. The van der Waals surface area contributed by atoms with Crippen molar-refractivity contribution in [3.8, 4) is 0 Å². The molecule has 6 heteroatoms. The van der Waals surface area contributed by atoms with E-state index in [9.17, 15) is 9.59 Å². The van der Waals surface area contributed by atoms with Gasteiger partial charge in [-0.05, 0) is 30.5 Å². The SMILES string of the molecule is O=C(O)CSCCNC(=O)C1(c2ccc(Br)cc2)CC1. The molecule has 2 rings (SSSR count). The van der Waals surface area contributed by atoms with Crippen LogP contribution in [0.25, 0.3) is 0 Å². The summed E-state index contributed by atoms with van der Waals surface area (Å²) in [5, 5.41) is 11.4. The number of thioether (sulfide) groups is 1. The van der Waals surface area contributed by atoms with Crippen LogP contribution in [0.3, 0.4) is 0 Å². The van der Waals surface area contributed by atoms with Gasteiger partial charge in [0.05, 0.1) is 11.2 Å². The highest BCUT2D eigenvalue weighted by Gasteiger charge is 2.50. The molecule has 1 fully saturated rings. The lowest BCUT2D eigenvalue weighted by Gasteiger charge is -2.15. The minimum absolute atomic E-state index is 0.0516. The molecule has 0 aromatic heterocycles. The molecule has 2 N–H and O–H groups in total. The molecule has 20 heavy (non-hydrogen) atoms. The molecule has 4 nitrogen and oxygen atoms in total. The lowest BCUT2D eigenvalue weighted by Crippen LogP contribution is -2.36. The minimum Gasteiger partial charge on any atom is -0.481 e. The van der Waals surface area contributed by atoms with Crippen molar-refractivity contribution in [1.82, 2.24) is 5.32 Å². The van der Waals surface area contributed by atoms with E-state index in [1.54, 1.807) is 0 Å². The van der Waals surface area contributed by atoms with Crippen molar-refractivity contribution in [2.45, 2.75) is 18.3 Å². The third kappa shape index (κ3) is 3.76. The van der Waals surface area contributed by atoms with E-state index in [0.29, 0.717) is 12.3 Å². The average Bonchev–Trinajstić information content (AvgIpc) is 3.20. The van der Waals surface area contributed by atoms with Crippen molar-refractivity contribution in [3.63, 3.8) is 0 Å². The number of benzene rings is 1. The Balaban J connectivity index is 1.83. The number of nitrogens with one attached hydrogen (secondary N) is 1. The molecule has 1 amide bonds. The van der Waals surface area contributed by atoms with Gasteiger partial charge >= 0.3 is 5.97 Å². The lowest BCUT2D eigenvalue weighted by molar-refractivity contribution is -0.133. The second-order valence-corrected chi connectivity index (χ2v) is 6.81. The normalized spacial score (nSPS) is 15.7. The molecule has 0 aliphatic heterocycles. The number of aliphatic carboxylic acids is 1. The van der Waals surface area contributed by atoms with Gasteiger partial charge in [0.15, 0.2) is 0 Å². The van der Waals surface area contributed by atoms with E-state index < -0.39 is 5.97 Å². The number of carboxylic acids is 1. The Hall–Kier alpha value is -1.01. The van der Waals surface area contributed by atoms with E-state index in [-0.39, 0.29) is 17.1 Å². The van der Waals surface area contributed by atoms with E-state index >= 15 is 0 Å². The third-order valence-corrected chi connectivity index (χ3v) is 4.81. The molecule has 1 aromatic carbocycles. The highest BCUT2D eigenvalue weighted by molar-refractivity contribution is 9.10. The van der Waals surface area contributed by atoms with Gasteiger partial charge in [-0.1, -0.05) is 28.1 Å². The minimum atomic E-state index is -0.824. The van der Waals surface area contributed by atoms with Crippen molar-refractivity contribution in [2.24, 2.45) is 0 Å². The van der Waals surface area contributed by atoms with Gasteiger partial charge in [-0.25, -0.2) is 0 Å². The largest absolute Gasteiger partial charge is 0.481 e. The lowest BCUT2D eigenvalue weighted by atomic mass is 9.95. The summed E-state index contributed by atoms with van der Waals surface area (Å²) in [7, 11) is 0. The van der Waals surface area contributed by atoms with Crippen LogP contribution >= 0.6 is 27.7 Å². The predicted octanol–water partition coefficient (Wildman–Crippen LogP) is 2.41. The summed E-state index contributed by atoms with van der Waals surface area (Å²) in [5.74, 6) is -0.0760. The van der Waals surface area contributed by atoms with Crippen LogP contribution in [0.1, 0.15) is 18.4 Å². The predicted molar refractivity (Wildman–Crippen MR) is 83.0 cm³/mol. The molecule has 0 unspecified atom stereocenters. The maximum atomic E-state index is 12.3. The highest BCUT2D eigenvalue weighted by Crippen LogP contribution is 2.48. The molecule has 0 heterocycles. The fourth-order valence-electron chi connectivity index (χ4n) is 2.11. The molecular weight excluding hydrogens is 342 g/mol. The van der Waals surface area contributed by atoms with Crippen molar-refractivity contribution >= 4 is 39.6 Å². The van der Waals surface area contributed by atoms with Crippen LogP contribution in [-0.2, 0) is 15.0 Å². The first kappa shape index (κ1) is 15.4. The second-order valence-electron chi connectivity index (χ2n) is 4.79. The van der Waals surface area contributed by atoms with Gasteiger partial charge in [-0.3, -0.25) is 9.59 Å².